The van der Waals surface area contributed by atoms with Crippen LogP contribution in [0.3, 0.4) is 0 Å². The molecule has 0 nitrogen and oxygen atoms in total. The van der Waals surface area contributed by atoms with Gasteiger partial charge in [0.25, 0.3) is 0 Å². The summed E-state index contributed by atoms with van der Waals surface area (Å²) in [4.78, 5) is 0. The Morgan fingerprint density at radius 3 is 2.71 bits per heavy atom. The fraction of sp³-hybridized carbons (Fsp3) is 0.429. The summed E-state index contributed by atoms with van der Waals surface area (Å²) in [7, 11) is 0. The maximum Gasteiger partial charge on any atom is -0.00231 e. The van der Waals surface area contributed by atoms with Gasteiger partial charge in [-0.05, 0) is 60.6 Å². The van der Waals surface area contributed by atoms with Gasteiger partial charge in [-0.3, -0.25) is 0 Å². The standard InChI is InChI=1S/C21H26/c1-4-8-18-15-21(3)16(2)11-12-20(21)14-19(18)13-17-9-6-5-7-10-17/h4-10,14,16H,11-13,15H2,1-3H3/b8-4-. The molecule has 3 rings (SSSR count). The van der Waals surface area contributed by atoms with Gasteiger partial charge in [0.1, 0.15) is 0 Å². The second kappa shape index (κ2) is 5.67. The molecule has 0 aromatic heterocycles. The van der Waals surface area contributed by atoms with Crippen LogP contribution in [0, 0.1) is 11.3 Å². The molecule has 2 aliphatic rings. The molecule has 1 saturated carbocycles. The maximum atomic E-state index is 2.52. The third kappa shape index (κ3) is 2.64. The van der Waals surface area contributed by atoms with Crippen LogP contribution in [0.4, 0.5) is 0 Å². The van der Waals surface area contributed by atoms with Gasteiger partial charge in [0.2, 0.25) is 0 Å². The first-order valence-corrected chi connectivity index (χ1v) is 8.23. The Labute approximate surface area is 129 Å². The van der Waals surface area contributed by atoms with E-state index in [2.05, 4.69) is 69.3 Å². The van der Waals surface area contributed by atoms with Gasteiger partial charge in [-0.15, -0.1) is 0 Å². The molecule has 110 valence electrons. The van der Waals surface area contributed by atoms with Crippen molar-refractivity contribution < 1.29 is 0 Å². The van der Waals surface area contributed by atoms with Crippen LogP contribution in [-0.4, -0.2) is 0 Å². The average molecular weight is 278 g/mol. The van der Waals surface area contributed by atoms with E-state index in [0.717, 1.165) is 12.3 Å². The highest BCUT2D eigenvalue weighted by molar-refractivity contribution is 5.46. The van der Waals surface area contributed by atoms with E-state index >= 15 is 0 Å². The van der Waals surface area contributed by atoms with Crippen molar-refractivity contribution >= 4 is 0 Å². The molecule has 0 saturated heterocycles. The summed E-state index contributed by atoms with van der Waals surface area (Å²) >= 11 is 0. The number of allylic oxidation sites excluding steroid dienone is 6. The lowest BCUT2D eigenvalue weighted by molar-refractivity contribution is 0.292. The third-order valence-corrected chi connectivity index (χ3v) is 5.59. The second-order valence-corrected chi connectivity index (χ2v) is 6.92. The summed E-state index contributed by atoms with van der Waals surface area (Å²) in [5, 5.41) is 0. The zero-order chi connectivity index (χ0) is 14.9. The van der Waals surface area contributed by atoms with Crippen LogP contribution in [0.2, 0.25) is 0 Å². The molecule has 0 heterocycles. The van der Waals surface area contributed by atoms with Gasteiger partial charge in [0.05, 0.1) is 0 Å². The SMILES string of the molecule is C/C=C\C1=C(Cc2ccccc2)C=C2CCC(C)C2(C)C1. The Bertz CT molecular complexity index is 600. The molecule has 2 unspecified atom stereocenters. The Balaban J connectivity index is 1.96. The number of hydrogen-bond acceptors (Lipinski definition) is 0. The normalized spacial score (nSPS) is 28.9. The molecule has 21 heavy (non-hydrogen) atoms. The van der Waals surface area contributed by atoms with Crippen molar-refractivity contribution in [3.63, 3.8) is 0 Å². The molecule has 1 fully saturated rings. The molecule has 2 atom stereocenters. The van der Waals surface area contributed by atoms with E-state index < -0.39 is 0 Å². The van der Waals surface area contributed by atoms with Gasteiger partial charge in [-0.1, -0.05) is 68.0 Å². The van der Waals surface area contributed by atoms with Crippen molar-refractivity contribution in [1.29, 1.82) is 0 Å². The lowest BCUT2D eigenvalue weighted by Crippen LogP contribution is -2.25. The van der Waals surface area contributed by atoms with E-state index in [1.165, 1.54) is 30.4 Å². The van der Waals surface area contributed by atoms with Crippen LogP contribution in [0.25, 0.3) is 0 Å². The summed E-state index contributed by atoms with van der Waals surface area (Å²) in [5.41, 5.74) is 6.58. The van der Waals surface area contributed by atoms with Crippen molar-refractivity contribution in [1.82, 2.24) is 0 Å². The van der Waals surface area contributed by atoms with E-state index in [0.29, 0.717) is 5.41 Å². The fourth-order valence-corrected chi connectivity index (χ4v) is 3.98. The van der Waals surface area contributed by atoms with Crippen molar-refractivity contribution in [2.24, 2.45) is 11.3 Å². The van der Waals surface area contributed by atoms with Gasteiger partial charge >= 0.3 is 0 Å². The van der Waals surface area contributed by atoms with Crippen molar-refractivity contribution in [3.05, 3.63) is 70.8 Å². The van der Waals surface area contributed by atoms with Crippen LogP contribution in [0.15, 0.2) is 65.3 Å². The molecule has 1 aromatic rings. The van der Waals surface area contributed by atoms with Crippen LogP contribution < -0.4 is 0 Å². The van der Waals surface area contributed by atoms with Crippen LogP contribution in [0.5, 0.6) is 0 Å². The molecule has 2 aliphatic carbocycles. The monoisotopic (exact) mass is 278 g/mol. The first-order valence-electron chi connectivity index (χ1n) is 8.23. The number of rotatable bonds is 3. The highest BCUT2D eigenvalue weighted by Gasteiger charge is 2.42. The van der Waals surface area contributed by atoms with Crippen molar-refractivity contribution in [3.8, 4) is 0 Å². The molecule has 0 bridgehead atoms. The largest absolute Gasteiger partial charge is 0.0874 e. The summed E-state index contributed by atoms with van der Waals surface area (Å²) in [5.74, 6) is 0.808. The molecule has 0 aliphatic heterocycles. The van der Waals surface area contributed by atoms with Gasteiger partial charge < -0.3 is 0 Å². The first kappa shape index (κ1) is 14.4. The summed E-state index contributed by atoms with van der Waals surface area (Å²) < 4.78 is 0. The predicted octanol–water partition coefficient (Wildman–Crippen LogP) is 5.87. The molecular formula is C21H26. The van der Waals surface area contributed by atoms with Crippen molar-refractivity contribution in [2.45, 2.75) is 46.5 Å². The minimum absolute atomic E-state index is 0.398. The summed E-state index contributed by atoms with van der Waals surface area (Å²) in [6.45, 7) is 7.03. The van der Waals surface area contributed by atoms with Gasteiger partial charge in [-0.25, -0.2) is 0 Å². The summed E-state index contributed by atoms with van der Waals surface area (Å²) in [6.07, 6.45) is 12.0. The van der Waals surface area contributed by atoms with Crippen molar-refractivity contribution in [2.75, 3.05) is 0 Å². The van der Waals surface area contributed by atoms with Crippen LogP contribution in [0.1, 0.15) is 45.6 Å². The van der Waals surface area contributed by atoms with Gasteiger partial charge in [0, 0.05) is 0 Å². The highest BCUT2D eigenvalue weighted by atomic mass is 14.5. The number of benzene rings is 1. The van der Waals surface area contributed by atoms with Gasteiger partial charge in [0.15, 0.2) is 0 Å². The van der Waals surface area contributed by atoms with E-state index in [4.69, 9.17) is 0 Å². The third-order valence-electron chi connectivity index (χ3n) is 5.59. The molecule has 0 amide bonds. The molecular weight excluding hydrogens is 252 g/mol. The maximum absolute atomic E-state index is 2.52. The Hall–Kier alpha value is -1.56. The predicted molar refractivity (Wildman–Crippen MR) is 91.2 cm³/mol. The van der Waals surface area contributed by atoms with Crippen LogP contribution >= 0.6 is 0 Å². The zero-order valence-electron chi connectivity index (χ0n) is 13.5. The molecule has 0 radical (unpaired) electrons. The first-order chi connectivity index (χ1) is 10.1. The smallest absolute Gasteiger partial charge is 0.00231 e. The quantitative estimate of drug-likeness (QED) is 0.649. The minimum Gasteiger partial charge on any atom is -0.0874 e. The lowest BCUT2D eigenvalue weighted by atomic mass is 9.68. The molecule has 0 N–H and O–H groups in total. The molecule has 0 spiro atoms. The summed E-state index contributed by atoms with van der Waals surface area (Å²) in [6, 6.07) is 10.9. The zero-order valence-corrected chi connectivity index (χ0v) is 13.5. The average Bonchev–Trinajstić information content (AvgIpc) is 2.76. The number of fused-ring (bicyclic) bond motifs is 1. The topological polar surface area (TPSA) is 0 Å². The van der Waals surface area contributed by atoms with E-state index in [1.807, 2.05) is 0 Å². The Morgan fingerprint density at radius 1 is 1.24 bits per heavy atom. The second-order valence-electron chi connectivity index (χ2n) is 6.92. The highest BCUT2D eigenvalue weighted by Crippen LogP contribution is 2.54. The fourth-order valence-electron chi connectivity index (χ4n) is 3.98. The van der Waals surface area contributed by atoms with E-state index in [1.54, 1.807) is 11.1 Å². The minimum atomic E-state index is 0.398. The Morgan fingerprint density at radius 2 is 2.00 bits per heavy atom. The van der Waals surface area contributed by atoms with Gasteiger partial charge in [-0.2, -0.15) is 0 Å². The van der Waals surface area contributed by atoms with E-state index in [-0.39, 0.29) is 0 Å². The van der Waals surface area contributed by atoms with E-state index in [9.17, 15) is 0 Å². The molecule has 1 aromatic carbocycles. The molecule has 0 heteroatoms. The number of hydrogen-bond donors (Lipinski definition) is 0. The lowest BCUT2D eigenvalue weighted by Gasteiger charge is -2.36. The Kier molecular flexibility index (Phi) is 3.89. The van der Waals surface area contributed by atoms with Crippen LogP contribution in [-0.2, 0) is 6.42 Å².